The van der Waals surface area contributed by atoms with E-state index in [-0.39, 0.29) is 28.5 Å². The predicted molar refractivity (Wildman–Crippen MR) is 72.9 cm³/mol. The number of rotatable bonds is 4. The van der Waals surface area contributed by atoms with Crippen LogP contribution in [0.4, 0.5) is 13.2 Å². The van der Waals surface area contributed by atoms with Crippen molar-refractivity contribution in [2.45, 2.75) is 11.2 Å². The van der Waals surface area contributed by atoms with Gasteiger partial charge in [0.05, 0.1) is 17.1 Å². The molecule has 0 saturated heterocycles. The molecule has 19 heavy (non-hydrogen) atoms. The summed E-state index contributed by atoms with van der Waals surface area (Å²) in [5.41, 5.74) is 9.39. The van der Waals surface area contributed by atoms with Crippen LogP contribution in [0.3, 0.4) is 0 Å². The largest absolute Gasteiger partial charge is 0.416 e. The lowest BCUT2D eigenvalue weighted by Crippen LogP contribution is -2.23. The van der Waals surface area contributed by atoms with Crippen LogP contribution in [-0.2, 0) is 6.18 Å². The number of aromatic nitrogens is 1. The zero-order chi connectivity index (χ0) is 13.8. The molecule has 0 amide bonds. The zero-order valence-corrected chi connectivity index (χ0v) is 11.8. The number of pyridine rings is 1. The Labute approximate surface area is 123 Å². The van der Waals surface area contributed by atoms with E-state index in [0.717, 1.165) is 23.9 Å². The molecule has 0 bridgehead atoms. The van der Waals surface area contributed by atoms with E-state index in [0.29, 0.717) is 12.3 Å². The van der Waals surface area contributed by atoms with Crippen molar-refractivity contribution >= 4 is 41.7 Å². The summed E-state index contributed by atoms with van der Waals surface area (Å²) >= 11 is 6.62. The highest BCUT2D eigenvalue weighted by Crippen LogP contribution is 2.32. The Kier molecular flexibility index (Phi) is 7.32. The van der Waals surface area contributed by atoms with Gasteiger partial charge in [0.25, 0.3) is 0 Å². The number of hydrogen-bond acceptors (Lipinski definition) is 3. The van der Waals surface area contributed by atoms with Crippen LogP contribution in [0, 0.1) is 0 Å². The second-order valence-corrected chi connectivity index (χ2v) is 4.67. The summed E-state index contributed by atoms with van der Waals surface area (Å²) in [4.78, 5) is 7.48. The first-order valence-corrected chi connectivity index (χ1v) is 6.08. The minimum absolute atomic E-state index is 0. The van der Waals surface area contributed by atoms with Crippen LogP contribution in [0.15, 0.2) is 22.2 Å². The molecule has 0 fully saturated rings. The van der Waals surface area contributed by atoms with E-state index in [1.54, 1.807) is 0 Å². The van der Waals surface area contributed by atoms with Gasteiger partial charge in [-0.05, 0) is 12.1 Å². The molecule has 108 valence electrons. The Hall–Kier alpha value is -0.860. The minimum atomic E-state index is -4.44. The summed E-state index contributed by atoms with van der Waals surface area (Å²) in [6, 6.07) is 1.72. The fourth-order valence-corrected chi connectivity index (χ4v) is 2.06. The van der Waals surface area contributed by atoms with Gasteiger partial charge in [0.2, 0.25) is 0 Å². The number of aliphatic imine (C=N–C) groups is 1. The molecule has 0 saturated carbocycles. The van der Waals surface area contributed by atoms with E-state index in [4.69, 9.17) is 23.1 Å². The van der Waals surface area contributed by atoms with E-state index in [9.17, 15) is 13.2 Å². The molecule has 0 spiro atoms. The number of guanidine groups is 1. The van der Waals surface area contributed by atoms with Gasteiger partial charge in [-0.3, -0.25) is 4.99 Å². The van der Waals surface area contributed by atoms with Gasteiger partial charge in [0, 0.05) is 5.75 Å². The third kappa shape index (κ3) is 6.74. The average molecular weight is 335 g/mol. The predicted octanol–water partition coefficient (Wildman–Crippen LogP) is 2.54. The number of alkyl halides is 3. The van der Waals surface area contributed by atoms with Gasteiger partial charge >= 0.3 is 6.18 Å². The molecule has 10 heteroatoms. The highest BCUT2D eigenvalue weighted by Gasteiger charge is 2.31. The van der Waals surface area contributed by atoms with E-state index < -0.39 is 11.7 Å². The number of nitrogens with two attached hydrogens (primary N) is 2. The number of hydrogen-bond donors (Lipinski definition) is 2. The highest BCUT2D eigenvalue weighted by atomic mass is 35.5. The normalized spacial score (nSPS) is 10.7. The molecule has 1 heterocycles. The van der Waals surface area contributed by atoms with Crippen LogP contribution in [0.1, 0.15) is 5.56 Å². The summed E-state index contributed by atoms with van der Waals surface area (Å²) in [7, 11) is 0. The van der Waals surface area contributed by atoms with Crippen molar-refractivity contribution in [3.8, 4) is 0 Å². The SMILES string of the molecule is Cl.NC(N)=NCCSc1cc(C(F)(F)F)cc(Cl)n1. The zero-order valence-electron chi connectivity index (χ0n) is 9.45. The lowest BCUT2D eigenvalue weighted by molar-refractivity contribution is -0.137. The molecule has 4 nitrogen and oxygen atoms in total. The molecule has 4 N–H and O–H groups in total. The number of thioether (sulfide) groups is 1. The van der Waals surface area contributed by atoms with Gasteiger partial charge in [-0.25, -0.2) is 4.98 Å². The van der Waals surface area contributed by atoms with Gasteiger partial charge in [-0.1, -0.05) is 11.6 Å². The third-order valence-electron chi connectivity index (χ3n) is 1.73. The third-order valence-corrected chi connectivity index (χ3v) is 2.82. The molecule has 1 rings (SSSR count). The lowest BCUT2D eigenvalue weighted by Gasteiger charge is -2.08. The van der Waals surface area contributed by atoms with Gasteiger partial charge in [-0.2, -0.15) is 13.2 Å². The van der Waals surface area contributed by atoms with Crippen molar-refractivity contribution < 1.29 is 13.2 Å². The molecule has 1 aromatic rings. The molecule has 0 radical (unpaired) electrons. The Morgan fingerprint density at radius 2 is 2.00 bits per heavy atom. The molecular formula is C9H11Cl2F3N4S. The first-order chi connectivity index (χ1) is 8.29. The van der Waals surface area contributed by atoms with Crippen LogP contribution >= 0.6 is 35.8 Å². The first-order valence-electron chi connectivity index (χ1n) is 4.72. The maximum Gasteiger partial charge on any atom is 0.416 e. The van der Waals surface area contributed by atoms with Crippen LogP contribution in [0.5, 0.6) is 0 Å². The van der Waals surface area contributed by atoms with Crippen molar-refractivity contribution in [3.63, 3.8) is 0 Å². The molecule has 0 atom stereocenters. The maximum absolute atomic E-state index is 12.5. The second-order valence-electron chi connectivity index (χ2n) is 3.17. The first kappa shape index (κ1) is 18.1. The summed E-state index contributed by atoms with van der Waals surface area (Å²) < 4.78 is 37.5. The number of nitrogens with zero attached hydrogens (tertiary/aromatic N) is 2. The summed E-state index contributed by atoms with van der Waals surface area (Å²) in [6.45, 7) is 0.294. The summed E-state index contributed by atoms with van der Waals surface area (Å²) in [5.74, 6) is 0.341. The van der Waals surface area contributed by atoms with Crippen LogP contribution in [-0.4, -0.2) is 23.2 Å². The van der Waals surface area contributed by atoms with Gasteiger partial charge in [0.15, 0.2) is 5.96 Å². The maximum atomic E-state index is 12.5. The number of halogens is 5. The van der Waals surface area contributed by atoms with Crippen LogP contribution < -0.4 is 11.5 Å². The van der Waals surface area contributed by atoms with Crippen LogP contribution in [0.25, 0.3) is 0 Å². The molecule has 0 aliphatic heterocycles. The van der Waals surface area contributed by atoms with Crippen molar-refractivity contribution in [1.29, 1.82) is 0 Å². The lowest BCUT2D eigenvalue weighted by atomic mass is 10.3. The molecule has 0 aliphatic carbocycles. The van der Waals surface area contributed by atoms with E-state index >= 15 is 0 Å². The van der Waals surface area contributed by atoms with Crippen LogP contribution in [0.2, 0.25) is 5.15 Å². The molecule has 0 aromatic carbocycles. The quantitative estimate of drug-likeness (QED) is 0.291. The van der Waals surface area contributed by atoms with Crippen molar-refractivity contribution in [3.05, 3.63) is 22.8 Å². The Bertz CT molecular complexity index is 450. The standard InChI is InChI=1S/C9H10ClF3N4S.ClH/c10-6-3-5(9(11,12)13)4-7(17-6)18-2-1-16-8(14)15;/h3-4H,1-2H2,(H4,14,15,16);1H. The van der Waals surface area contributed by atoms with Gasteiger partial charge < -0.3 is 11.5 Å². The average Bonchev–Trinajstić information content (AvgIpc) is 2.22. The topological polar surface area (TPSA) is 77.3 Å². The fourth-order valence-electron chi connectivity index (χ4n) is 1.04. The molecular weight excluding hydrogens is 324 g/mol. The summed E-state index contributed by atoms with van der Waals surface area (Å²) in [6.07, 6.45) is -4.44. The van der Waals surface area contributed by atoms with E-state index in [1.165, 1.54) is 0 Å². The van der Waals surface area contributed by atoms with Crippen molar-refractivity contribution in [2.75, 3.05) is 12.3 Å². The van der Waals surface area contributed by atoms with E-state index in [2.05, 4.69) is 9.98 Å². The Morgan fingerprint density at radius 1 is 1.37 bits per heavy atom. The molecule has 0 unspecified atom stereocenters. The minimum Gasteiger partial charge on any atom is -0.370 e. The van der Waals surface area contributed by atoms with E-state index in [1.807, 2.05) is 0 Å². The van der Waals surface area contributed by atoms with Crippen molar-refractivity contribution in [2.24, 2.45) is 16.5 Å². The van der Waals surface area contributed by atoms with Gasteiger partial charge in [0.1, 0.15) is 5.15 Å². The Morgan fingerprint density at radius 3 is 2.53 bits per heavy atom. The molecule has 0 aliphatic rings. The smallest absolute Gasteiger partial charge is 0.370 e. The highest BCUT2D eigenvalue weighted by molar-refractivity contribution is 7.99. The van der Waals surface area contributed by atoms with Crippen molar-refractivity contribution in [1.82, 2.24) is 4.98 Å². The second kappa shape index (κ2) is 7.66. The summed E-state index contributed by atoms with van der Waals surface area (Å²) in [5, 5.41) is -0.0187. The fraction of sp³-hybridized carbons (Fsp3) is 0.333. The van der Waals surface area contributed by atoms with Gasteiger partial charge in [-0.15, -0.1) is 24.2 Å². The Balaban J connectivity index is 0.00000324. The monoisotopic (exact) mass is 334 g/mol. The molecule has 1 aromatic heterocycles.